The fraction of sp³-hybridized carbons (Fsp3) is 0.650. The molecule has 0 bridgehead atoms. The summed E-state index contributed by atoms with van der Waals surface area (Å²) < 4.78 is 19.1. The van der Waals surface area contributed by atoms with E-state index in [0.717, 1.165) is 64.0 Å². The molecule has 3 saturated heterocycles. The zero-order valence-electron chi connectivity index (χ0n) is 14.7. The van der Waals surface area contributed by atoms with E-state index in [9.17, 15) is 9.18 Å². The van der Waals surface area contributed by atoms with E-state index in [1.807, 2.05) is 12.1 Å². The van der Waals surface area contributed by atoms with Crippen LogP contribution in [0.2, 0.25) is 0 Å². The number of halogens is 1. The first-order valence-corrected chi connectivity index (χ1v) is 9.58. The summed E-state index contributed by atoms with van der Waals surface area (Å²) >= 11 is 0. The molecule has 0 saturated carbocycles. The molecule has 1 aromatic carbocycles. The summed E-state index contributed by atoms with van der Waals surface area (Å²) in [7, 11) is 0. The predicted molar refractivity (Wildman–Crippen MR) is 93.4 cm³/mol. The van der Waals surface area contributed by atoms with Gasteiger partial charge in [0.2, 0.25) is 5.91 Å². The Balaban J connectivity index is 1.43. The van der Waals surface area contributed by atoms with Crippen LogP contribution in [0, 0.1) is 17.7 Å². The van der Waals surface area contributed by atoms with Gasteiger partial charge in [-0.25, -0.2) is 4.39 Å². The average Bonchev–Trinajstić information content (AvgIpc) is 3.17. The maximum Gasteiger partial charge on any atom is 0.226 e. The van der Waals surface area contributed by atoms with Crippen LogP contribution in [0.5, 0.6) is 0 Å². The average molecular weight is 346 g/mol. The predicted octanol–water partition coefficient (Wildman–Crippen LogP) is 2.68. The smallest absolute Gasteiger partial charge is 0.226 e. The van der Waals surface area contributed by atoms with E-state index in [4.69, 9.17) is 4.74 Å². The van der Waals surface area contributed by atoms with Gasteiger partial charge in [0.15, 0.2) is 0 Å². The van der Waals surface area contributed by atoms with Crippen LogP contribution in [0.3, 0.4) is 0 Å². The summed E-state index contributed by atoms with van der Waals surface area (Å²) in [5, 5.41) is 0. The van der Waals surface area contributed by atoms with Gasteiger partial charge in [0.1, 0.15) is 5.82 Å². The lowest BCUT2D eigenvalue weighted by molar-refractivity contribution is -0.150. The van der Waals surface area contributed by atoms with Crippen molar-refractivity contribution in [3.8, 4) is 0 Å². The summed E-state index contributed by atoms with van der Waals surface area (Å²) in [6, 6.07) is 6.74. The van der Waals surface area contributed by atoms with Gasteiger partial charge in [-0.05, 0) is 43.4 Å². The fourth-order valence-electron chi connectivity index (χ4n) is 4.65. The second-order valence-corrected chi connectivity index (χ2v) is 7.65. The van der Waals surface area contributed by atoms with Gasteiger partial charge in [-0.3, -0.25) is 9.69 Å². The quantitative estimate of drug-likeness (QED) is 0.844. The topological polar surface area (TPSA) is 32.8 Å². The van der Waals surface area contributed by atoms with Crippen LogP contribution in [0.25, 0.3) is 0 Å². The van der Waals surface area contributed by atoms with Crippen LogP contribution < -0.4 is 0 Å². The van der Waals surface area contributed by atoms with Crippen LogP contribution in [0.15, 0.2) is 24.3 Å². The van der Waals surface area contributed by atoms with E-state index in [1.165, 1.54) is 12.1 Å². The molecule has 25 heavy (non-hydrogen) atoms. The molecule has 3 aliphatic heterocycles. The summed E-state index contributed by atoms with van der Waals surface area (Å²) in [6.45, 7) is 5.24. The summed E-state index contributed by atoms with van der Waals surface area (Å²) in [6.07, 6.45) is 4.32. The number of piperidine rings is 1. The molecule has 136 valence electrons. The van der Waals surface area contributed by atoms with E-state index < -0.39 is 0 Å². The minimum atomic E-state index is -0.195. The van der Waals surface area contributed by atoms with E-state index in [0.29, 0.717) is 12.5 Å². The number of fused-ring (bicyclic) bond motifs is 1. The highest BCUT2D eigenvalue weighted by atomic mass is 19.1. The van der Waals surface area contributed by atoms with Crippen molar-refractivity contribution >= 4 is 5.91 Å². The van der Waals surface area contributed by atoms with E-state index in [1.54, 1.807) is 0 Å². The van der Waals surface area contributed by atoms with Crippen molar-refractivity contribution in [3.63, 3.8) is 0 Å². The molecule has 0 radical (unpaired) electrons. The lowest BCUT2D eigenvalue weighted by Gasteiger charge is -2.45. The minimum absolute atomic E-state index is 0.105. The van der Waals surface area contributed by atoms with Crippen LogP contribution in [0.4, 0.5) is 4.39 Å². The molecule has 0 unspecified atom stereocenters. The number of benzene rings is 1. The molecular formula is C20H27FN2O2. The van der Waals surface area contributed by atoms with Crippen molar-refractivity contribution in [3.05, 3.63) is 35.6 Å². The zero-order valence-corrected chi connectivity index (χ0v) is 14.7. The molecule has 5 heteroatoms. The highest BCUT2D eigenvalue weighted by molar-refractivity contribution is 5.79. The molecule has 1 amide bonds. The number of carbonyl (C=O) groups excluding carboxylic acids is 1. The normalized spacial score (nSPS) is 30.3. The third-order valence-electron chi connectivity index (χ3n) is 6.01. The molecule has 3 atom stereocenters. The van der Waals surface area contributed by atoms with Gasteiger partial charge < -0.3 is 9.64 Å². The molecule has 4 nitrogen and oxygen atoms in total. The Kier molecular flexibility index (Phi) is 5.04. The highest BCUT2D eigenvalue weighted by Gasteiger charge is 2.43. The molecule has 0 aromatic heterocycles. The molecule has 0 N–H and O–H groups in total. The van der Waals surface area contributed by atoms with Crippen LogP contribution in [-0.4, -0.2) is 54.6 Å². The Morgan fingerprint density at radius 2 is 1.88 bits per heavy atom. The molecule has 3 heterocycles. The summed E-state index contributed by atoms with van der Waals surface area (Å²) in [5.41, 5.74) is 1.12. The van der Waals surface area contributed by atoms with Crippen molar-refractivity contribution in [2.75, 3.05) is 32.8 Å². The van der Waals surface area contributed by atoms with Gasteiger partial charge >= 0.3 is 0 Å². The molecule has 4 rings (SSSR count). The number of nitrogens with zero attached hydrogens (tertiary/aromatic N) is 2. The molecular weight excluding hydrogens is 319 g/mol. The van der Waals surface area contributed by atoms with Crippen molar-refractivity contribution in [1.29, 1.82) is 0 Å². The van der Waals surface area contributed by atoms with Gasteiger partial charge in [0.05, 0.1) is 6.10 Å². The minimum Gasteiger partial charge on any atom is -0.378 e. The van der Waals surface area contributed by atoms with Gasteiger partial charge in [0, 0.05) is 51.2 Å². The van der Waals surface area contributed by atoms with Gasteiger partial charge in [0.25, 0.3) is 0 Å². The van der Waals surface area contributed by atoms with E-state index >= 15 is 0 Å². The first kappa shape index (κ1) is 17.0. The molecule has 0 spiro atoms. The third-order valence-corrected chi connectivity index (χ3v) is 6.01. The van der Waals surface area contributed by atoms with Gasteiger partial charge in [-0.2, -0.15) is 0 Å². The number of carbonyl (C=O) groups is 1. The summed E-state index contributed by atoms with van der Waals surface area (Å²) in [5.74, 6) is 0.544. The van der Waals surface area contributed by atoms with Crippen LogP contribution in [-0.2, 0) is 16.1 Å². The standard InChI is InChI=1S/C20H27FN2O2/c21-16-5-3-15(4-6-16)13-22-11-7-19-18(14-22)17(8-12-25-19)20(24)23-9-1-2-10-23/h3-6,17-19H,1-2,7-14H2/t17-,18+,19-/m1/s1. The number of ether oxygens (including phenoxy) is 1. The zero-order chi connectivity index (χ0) is 17.2. The molecule has 3 fully saturated rings. The first-order chi connectivity index (χ1) is 12.2. The van der Waals surface area contributed by atoms with E-state index in [-0.39, 0.29) is 23.8 Å². The SMILES string of the molecule is O=C([C@@H]1CCO[C@@H]2CCN(Cc3ccc(F)cc3)C[C@H]21)N1CCCC1. The molecule has 0 aliphatic carbocycles. The Labute approximate surface area is 148 Å². The van der Waals surface area contributed by atoms with Crippen molar-refractivity contribution in [2.45, 2.75) is 38.3 Å². The Bertz CT molecular complexity index is 600. The largest absolute Gasteiger partial charge is 0.378 e. The third kappa shape index (κ3) is 3.72. The molecule has 1 aromatic rings. The lowest BCUT2D eigenvalue weighted by Crippen LogP contribution is -2.53. The van der Waals surface area contributed by atoms with Gasteiger partial charge in [-0.1, -0.05) is 12.1 Å². The Morgan fingerprint density at radius 3 is 2.64 bits per heavy atom. The molecule has 3 aliphatic rings. The highest BCUT2D eigenvalue weighted by Crippen LogP contribution is 2.35. The lowest BCUT2D eigenvalue weighted by atomic mass is 9.78. The van der Waals surface area contributed by atoms with Crippen molar-refractivity contribution in [1.82, 2.24) is 9.80 Å². The second kappa shape index (κ2) is 7.42. The Hall–Kier alpha value is -1.46. The maximum absolute atomic E-state index is 13.1. The number of likely N-dealkylation sites (tertiary alicyclic amines) is 2. The van der Waals surface area contributed by atoms with Crippen LogP contribution in [0.1, 0.15) is 31.2 Å². The second-order valence-electron chi connectivity index (χ2n) is 7.65. The fourth-order valence-corrected chi connectivity index (χ4v) is 4.65. The van der Waals surface area contributed by atoms with E-state index in [2.05, 4.69) is 9.80 Å². The number of amides is 1. The van der Waals surface area contributed by atoms with Crippen molar-refractivity contribution < 1.29 is 13.9 Å². The number of rotatable bonds is 3. The number of hydrogen-bond donors (Lipinski definition) is 0. The summed E-state index contributed by atoms with van der Waals surface area (Å²) in [4.78, 5) is 17.4. The number of hydrogen-bond acceptors (Lipinski definition) is 3. The first-order valence-electron chi connectivity index (χ1n) is 9.58. The van der Waals surface area contributed by atoms with Gasteiger partial charge in [-0.15, -0.1) is 0 Å². The Morgan fingerprint density at radius 1 is 1.12 bits per heavy atom. The van der Waals surface area contributed by atoms with Crippen molar-refractivity contribution in [2.24, 2.45) is 11.8 Å². The van der Waals surface area contributed by atoms with Crippen LogP contribution >= 0.6 is 0 Å². The maximum atomic E-state index is 13.1. The monoisotopic (exact) mass is 346 g/mol.